The Hall–Kier alpha value is -2.77. The van der Waals surface area contributed by atoms with Gasteiger partial charge in [-0.05, 0) is 25.1 Å². The van der Waals surface area contributed by atoms with E-state index in [1.165, 1.54) is 12.3 Å². The van der Waals surface area contributed by atoms with E-state index in [1.807, 2.05) is 6.92 Å². The van der Waals surface area contributed by atoms with Gasteiger partial charge >= 0.3 is 6.61 Å². The highest BCUT2D eigenvalue weighted by Crippen LogP contribution is 2.39. The van der Waals surface area contributed by atoms with Gasteiger partial charge in [0.25, 0.3) is 5.91 Å². The van der Waals surface area contributed by atoms with Crippen molar-refractivity contribution in [2.75, 3.05) is 26.4 Å². The summed E-state index contributed by atoms with van der Waals surface area (Å²) in [6.45, 7) is 0.301. The van der Waals surface area contributed by atoms with Crippen molar-refractivity contribution in [2.24, 2.45) is 4.99 Å². The summed E-state index contributed by atoms with van der Waals surface area (Å²) in [7, 11) is 0. The lowest BCUT2D eigenvalue weighted by Gasteiger charge is -2.13. The van der Waals surface area contributed by atoms with Crippen molar-refractivity contribution in [3.63, 3.8) is 0 Å². The number of halogens is 3. The van der Waals surface area contributed by atoms with E-state index in [2.05, 4.69) is 25.7 Å². The van der Waals surface area contributed by atoms with Crippen LogP contribution in [0.2, 0.25) is 0 Å². The molecule has 0 aliphatic carbocycles. The van der Waals surface area contributed by atoms with Crippen molar-refractivity contribution in [3.8, 4) is 17.2 Å². The Bertz CT molecular complexity index is 880. The zero-order valence-corrected chi connectivity index (χ0v) is 19.0. The van der Waals surface area contributed by atoms with Crippen molar-refractivity contribution in [1.29, 1.82) is 0 Å². The number of hydrogen-bond acceptors (Lipinski definition) is 6. The minimum absolute atomic E-state index is 0. The number of amides is 1. The fraction of sp³-hybridized carbons (Fsp3) is 0.368. The maximum Gasteiger partial charge on any atom is 0.387 e. The SMILES string of the molecule is CCNC(=NCc1cc2c(cc1OC(F)F)OCO2)NCCNC(=O)c1ccco1.I. The predicted molar refractivity (Wildman–Crippen MR) is 118 cm³/mol. The number of alkyl halides is 2. The number of fused-ring (bicyclic) bond motifs is 1. The Kier molecular flexibility index (Phi) is 9.62. The standard InChI is InChI=1S/C19H22F2N4O5.HI/c1-2-22-19(24-6-5-23-17(26)13-4-3-7-27-13)25-10-12-8-15-16(29-11-28-15)9-14(12)30-18(20)21;/h3-4,7-9,18H,2,5-6,10-11H2,1H3,(H,23,26)(H2,22,24,25);1H. The van der Waals surface area contributed by atoms with E-state index in [1.54, 1.807) is 18.2 Å². The van der Waals surface area contributed by atoms with E-state index in [4.69, 9.17) is 13.9 Å². The van der Waals surface area contributed by atoms with E-state index in [0.717, 1.165) is 0 Å². The molecular formula is C19H23F2IN4O5. The number of nitrogens with zero attached hydrogens (tertiary/aromatic N) is 1. The fourth-order valence-electron chi connectivity index (χ4n) is 2.65. The molecule has 0 radical (unpaired) electrons. The number of carbonyl (C=O) groups excluding carboxylic acids is 1. The number of hydrogen-bond donors (Lipinski definition) is 3. The summed E-state index contributed by atoms with van der Waals surface area (Å²) in [4.78, 5) is 16.2. The summed E-state index contributed by atoms with van der Waals surface area (Å²) in [5.74, 6) is 1.11. The van der Waals surface area contributed by atoms with Crippen LogP contribution in [0, 0.1) is 0 Å². The molecule has 1 aliphatic heterocycles. The van der Waals surface area contributed by atoms with Crippen LogP contribution in [0.1, 0.15) is 23.0 Å². The van der Waals surface area contributed by atoms with Crippen molar-refractivity contribution in [2.45, 2.75) is 20.1 Å². The quantitative estimate of drug-likeness (QED) is 0.190. The van der Waals surface area contributed by atoms with Crippen molar-refractivity contribution in [1.82, 2.24) is 16.0 Å². The molecule has 170 valence electrons. The molecule has 1 aliphatic rings. The summed E-state index contributed by atoms with van der Waals surface area (Å²) < 4.78 is 45.6. The van der Waals surface area contributed by atoms with Crippen LogP contribution in [0.5, 0.6) is 17.2 Å². The molecule has 0 bridgehead atoms. The number of ether oxygens (including phenoxy) is 3. The second-order valence-electron chi connectivity index (χ2n) is 6.05. The van der Waals surface area contributed by atoms with E-state index in [0.29, 0.717) is 42.7 Å². The summed E-state index contributed by atoms with van der Waals surface area (Å²) in [5, 5.41) is 8.80. The van der Waals surface area contributed by atoms with E-state index in [9.17, 15) is 13.6 Å². The summed E-state index contributed by atoms with van der Waals surface area (Å²) in [6.07, 6.45) is 1.42. The first-order valence-corrected chi connectivity index (χ1v) is 9.28. The van der Waals surface area contributed by atoms with Gasteiger partial charge < -0.3 is 34.6 Å². The first kappa shape index (κ1) is 24.5. The summed E-state index contributed by atoms with van der Waals surface area (Å²) >= 11 is 0. The van der Waals surface area contributed by atoms with Gasteiger partial charge in [0.15, 0.2) is 23.2 Å². The molecule has 31 heavy (non-hydrogen) atoms. The van der Waals surface area contributed by atoms with Crippen LogP contribution in [0.15, 0.2) is 39.9 Å². The molecule has 1 aromatic carbocycles. The van der Waals surface area contributed by atoms with Gasteiger partial charge in [0.05, 0.1) is 12.8 Å². The highest BCUT2D eigenvalue weighted by atomic mass is 127. The Morgan fingerprint density at radius 2 is 1.94 bits per heavy atom. The van der Waals surface area contributed by atoms with Crippen LogP contribution >= 0.6 is 24.0 Å². The van der Waals surface area contributed by atoms with Crippen LogP contribution in [-0.4, -0.2) is 44.9 Å². The van der Waals surface area contributed by atoms with Crippen LogP contribution in [0.3, 0.4) is 0 Å². The number of nitrogens with one attached hydrogen (secondary N) is 3. The fourth-order valence-corrected chi connectivity index (χ4v) is 2.65. The summed E-state index contributed by atoms with van der Waals surface area (Å²) in [6, 6.07) is 6.13. The van der Waals surface area contributed by atoms with Gasteiger partial charge in [-0.25, -0.2) is 4.99 Å². The monoisotopic (exact) mass is 552 g/mol. The Morgan fingerprint density at radius 1 is 1.19 bits per heavy atom. The maximum atomic E-state index is 12.7. The van der Waals surface area contributed by atoms with Crippen molar-refractivity contribution < 1.29 is 32.2 Å². The predicted octanol–water partition coefficient (Wildman–Crippen LogP) is 2.71. The van der Waals surface area contributed by atoms with Gasteiger partial charge in [0.1, 0.15) is 5.75 Å². The normalized spacial score (nSPS) is 12.3. The second-order valence-corrected chi connectivity index (χ2v) is 6.05. The number of rotatable bonds is 9. The smallest absolute Gasteiger partial charge is 0.387 e. The molecule has 0 spiro atoms. The topological polar surface area (TPSA) is 106 Å². The average molecular weight is 552 g/mol. The van der Waals surface area contributed by atoms with Crippen LogP contribution < -0.4 is 30.2 Å². The van der Waals surface area contributed by atoms with E-state index < -0.39 is 6.61 Å². The molecular weight excluding hydrogens is 529 g/mol. The highest BCUT2D eigenvalue weighted by Gasteiger charge is 2.20. The molecule has 2 aromatic rings. The van der Waals surface area contributed by atoms with Crippen LogP contribution in [-0.2, 0) is 6.54 Å². The molecule has 0 saturated heterocycles. The molecule has 12 heteroatoms. The van der Waals surface area contributed by atoms with Gasteiger partial charge in [-0.3, -0.25) is 4.79 Å². The van der Waals surface area contributed by atoms with Crippen molar-refractivity contribution in [3.05, 3.63) is 41.9 Å². The van der Waals surface area contributed by atoms with Gasteiger partial charge in [-0.1, -0.05) is 0 Å². The number of aliphatic imine (C=N–C) groups is 1. The zero-order chi connectivity index (χ0) is 21.3. The molecule has 3 rings (SSSR count). The molecule has 3 N–H and O–H groups in total. The summed E-state index contributed by atoms with van der Waals surface area (Å²) in [5.41, 5.74) is 0.419. The van der Waals surface area contributed by atoms with Crippen LogP contribution in [0.4, 0.5) is 8.78 Å². The molecule has 1 amide bonds. The molecule has 2 heterocycles. The van der Waals surface area contributed by atoms with Gasteiger partial charge in [0, 0.05) is 31.3 Å². The second kappa shape index (κ2) is 12.2. The number of carbonyl (C=O) groups is 1. The molecule has 0 atom stereocenters. The maximum absolute atomic E-state index is 12.7. The minimum Gasteiger partial charge on any atom is -0.459 e. The lowest BCUT2D eigenvalue weighted by molar-refractivity contribution is -0.0505. The van der Waals surface area contributed by atoms with Gasteiger partial charge in [0.2, 0.25) is 6.79 Å². The first-order valence-electron chi connectivity index (χ1n) is 9.28. The molecule has 0 unspecified atom stereocenters. The van der Waals surface area contributed by atoms with E-state index >= 15 is 0 Å². The van der Waals surface area contributed by atoms with Crippen molar-refractivity contribution >= 4 is 35.8 Å². The van der Waals surface area contributed by atoms with Gasteiger partial charge in [-0.15, -0.1) is 24.0 Å². The third kappa shape index (κ3) is 7.15. The largest absolute Gasteiger partial charge is 0.459 e. The van der Waals surface area contributed by atoms with Crippen LogP contribution in [0.25, 0.3) is 0 Å². The zero-order valence-electron chi connectivity index (χ0n) is 16.7. The molecule has 0 fully saturated rings. The third-order valence-corrected chi connectivity index (χ3v) is 3.97. The number of furan rings is 1. The molecule has 1 aromatic heterocycles. The number of benzene rings is 1. The average Bonchev–Trinajstić information content (AvgIpc) is 3.40. The number of guanidine groups is 1. The Labute approximate surface area is 194 Å². The Balaban J connectivity index is 0.00000341. The van der Waals surface area contributed by atoms with E-state index in [-0.39, 0.29) is 54.7 Å². The third-order valence-electron chi connectivity index (χ3n) is 3.97. The Morgan fingerprint density at radius 3 is 2.61 bits per heavy atom. The van der Waals surface area contributed by atoms with Gasteiger partial charge in [-0.2, -0.15) is 8.78 Å². The lowest BCUT2D eigenvalue weighted by Crippen LogP contribution is -2.41. The minimum atomic E-state index is -2.97. The molecule has 9 nitrogen and oxygen atoms in total. The molecule has 0 saturated carbocycles. The first-order chi connectivity index (χ1) is 14.6. The lowest BCUT2D eigenvalue weighted by atomic mass is 10.1. The highest BCUT2D eigenvalue weighted by molar-refractivity contribution is 14.0.